The van der Waals surface area contributed by atoms with Crippen molar-refractivity contribution in [2.24, 2.45) is 5.92 Å². The molecule has 0 aliphatic rings. The minimum absolute atomic E-state index is 0.190. The van der Waals surface area contributed by atoms with Gasteiger partial charge in [-0.15, -0.1) is 11.6 Å². The Morgan fingerprint density at radius 3 is 2.10 bits per heavy atom. The topological polar surface area (TPSA) is 0 Å². The van der Waals surface area contributed by atoms with Gasteiger partial charge in [0.1, 0.15) is 5.82 Å². The molecule has 0 fully saturated rings. The third-order valence-electron chi connectivity index (χ3n) is 3.75. The van der Waals surface area contributed by atoms with Gasteiger partial charge >= 0.3 is 0 Å². The summed E-state index contributed by atoms with van der Waals surface area (Å²) in [5, 5.41) is 0. The van der Waals surface area contributed by atoms with Crippen LogP contribution >= 0.6 is 11.6 Å². The zero-order valence-electron chi connectivity index (χ0n) is 12.0. The maximum atomic E-state index is 12.9. The number of benzene rings is 2. The molecule has 0 aromatic heterocycles. The molecule has 0 heterocycles. The van der Waals surface area contributed by atoms with E-state index in [0.717, 1.165) is 18.4 Å². The number of hydrogen-bond donors (Lipinski definition) is 0. The van der Waals surface area contributed by atoms with Gasteiger partial charge in [0.15, 0.2) is 0 Å². The fourth-order valence-corrected chi connectivity index (χ4v) is 2.62. The fourth-order valence-electron chi connectivity index (χ4n) is 2.40. The summed E-state index contributed by atoms with van der Waals surface area (Å²) in [6, 6.07) is 13.3. The average Bonchev–Trinajstić information content (AvgIpc) is 2.44. The minimum Gasteiger partial charge on any atom is -0.207 e. The lowest BCUT2D eigenvalue weighted by molar-refractivity contribution is 0.581. The Morgan fingerprint density at radius 2 is 1.50 bits per heavy atom. The van der Waals surface area contributed by atoms with Gasteiger partial charge in [-0.05, 0) is 67.0 Å². The van der Waals surface area contributed by atoms with E-state index in [1.807, 2.05) is 12.1 Å². The Kier molecular flexibility index (Phi) is 5.19. The highest BCUT2D eigenvalue weighted by Gasteiger charge is 2.10. The first-order valence-electron chi connectivity index (χ1n) is 6.95. The van der Waals surface area contributed by atoms with Gasteiger partial charge in [-0.2, -0.15) is 0 Å². The second kappa shape index (κ2) is 6.90. The third kappa shape index (κ3) is 4.08. The Hall–Kier alpha value is -1.34. The van der Waals surface area contributed by atoms with E-state index in [2.05, 4.69) is 32.0 Å². The molecule has 0 bridgehead atoms. The quantitative estimate of drug-likeness (QED) is 0.673. The van der Waals surface area contributed by atoms with Crippen molar-refractivity contribution in [3.8, 4) is 0 Å². The molecule has 0 nitrogen and oxygen atoms in total. The van der Waals surface area contributed by atoms with Crippen LogP contribution in [0.4, 0.5) is 4.39 Å². The van der Waals surface area contributed by atoms with Crippen LogP contribution in [-0.2, 0) is 12.8 Å². The Labute approximate surface area is 125 Å². The van der Waals surface area contributed by atoms with E-state index in [-0.39, 0.29) is 5.82 Å². The van der Waals surface area contributed by atoms with Crippen molar-refractivity contribution in [1.82, 2.24) is 0 Å². The standard InChI is InChI=1S/C18H20ClF/c1-13-3-4-16(9-14(13)2)11-17(12-19)10-15-5-7-18(20)8-6-15/h3-9,17H,10-12H2,1-2H3. The van der Waals surface area contributed by atoms with Gasteiger partial charge in [0.2, 0.25) is 0 Å². The number of aryl methyl sites for hydroxylation is 2. The summed E-state index contributed by atoms with van der Waals surface area (Å²) < 4.78 is 12.9. The van der Waals surface area contributed by atoms with Crippen molar-refractivity contribution >= 4 is 11.6 Å². The summed E-state index contributed by atoms with van der Waals surface area (Å²) >= 11 is 6.10. The molecule has 1 unspecified atom stereocenters. The van der Waals surface area contributed by atoms with E-state index in [4.69, 9.17) is 11.6 Å². The Balaban J connectivity index is 2.04. The maximum Gasteiger partial charge on any atom is 0.123 e. The van der Waals surface area contributed by atoms with Crippen LogP contribution in [0, 0.1) is 25.6 Å². The van der Waals surface area contributed by atoms with Crippen LogP contribution in [0.15, 0.2) is 42.5 Å². The van der Waals surface area contributed by atoms with Crippen LogP contribution in [0.3, 0.4) is 0 Å². The van der Waals surface area contributed by atoms with E-state index >= 15 is 0 Å². The number of alkyl halides is 1. The number of hydrogen-bond acceptors (Lipinski definition) is 0. The molecule has 0 N–H and O–H groups in total. The normalized spacial score (nSPS) is 12.4. The van der Waals surface area contributed by atoms with Gasteiger partial charge in [0, 0.05) is 5.88 Å². The molecule has 2 aromatic carbocycles. The van der Waals surface area contributed by atoms with Gasteiger partial charge in [0.05, 0.1) is 0 Å². The molecule has 0 saturated carbocycles. The molecular weight excluding hydrogens is 271 g/mol. The zero-order chi connectivity index (χ0) is 14.5. The van der Waals surface area contributed by atoms with Gasteiger partial charge in [-0.3, -0.25) is 0 Å². The highest BCUT2D eigenvalue weighted by Crippen LogP contribution is 2.18. The molecule has 0 aliphatic heterocycles. The highest BCUT2D eigenvalue weighted by atomic mass is 35.5. The van der Waals surface area contributed by atoms with Crippen LogP contribution in [0.5, 0.6) is 0 Å². The molecule has 0 saturated heterocycles. The summed E-state index contributed by atoms with van der Waals surface area (Å²) in [4.78, 5) is 0. The van der Waals surface area contributed by atoms with E-state index in [1.54, 1.807) is 0 Å². The highest BCUT2D eigenvalue weighted by molar-refractivity contribution is 6.18. The van der Waals surface area contributed by atoms with Crippen molar-refractivity contribution in [3.63, 3.8) is 0 Å². The lowest BCUT2D eigenvalue weighted by atomic mass is 9.93. The summed E-state index contributed by atoms with van der Waals surface area (Å²) in [6.07, 6.45) is 1.85. The first-order valence-corrected chi connectivity index (χ1v) is 7.48. The summed E-state index contributed by atoms with van der Waals surface area (Å²) in [5.74, 6) is 0.805. The molecule has 0 aliphatic carbocycles. The van der Waals surface area contributed by atoms with Crippen molar-refractivity contribution in [2.75, 3.05) is 5.88 Å². The maximum absolute atomic E-state index is 12.9. The zero-order valence-corrected chi connectivity index (χ0v) is 12.8. The van der Waals surface area contributed by atoms with Crippen LogP contribution in [0.2, 0.25) is 0 Å². The van der Waals surface area contributed by atoms with Crippen LogP contribution in [0.25, 0.3) is 0 Å². The predicted molar refractivity (Wildman–Crippen MR) is 83.9 cm³/mol. The van der Waals surface area contributed by atoms with Crippen LogP contribution < -0.4 is 0 Å². The van der Waals surface area contributed by atoms with Gasteiger partial charge < -0.3 is 0 Å². The SMILES string of the molecule is Cc1ccc(CC(CCl)Cc2ccc(F)cc2)cc1C. The molecule has 0 amide bonds. The molecule has 2 aromatic rings. The molecule has 2 rings (SSSR count). The van der Waals surface area contributed by atoms with Crippen LogP contribution in [0.1, 0.15) is 22.3 Å². The summed E-state index contributed by atoms with van der Waals surface area (Å²) in [7, 11) is 0. The van der Waals surface area contributed by atoms with E-state index in [0.29, 0.717) is 11.8 Å². The largest absolute Gasteiger partial charge is 0.207 e. The minimum atomic E-state index is -0.190. The lowest BCUT2D eigenvalue weighted by Crippen LogP contribution is -2.10. The molecule has 2 heteroatoms. The van der Waals surface area contributed by atoms with Gasteiger partial charge in [-0.1, -0.05) is 30.3 Å². The monoisotopic (exact) mass is 290 g/mol. The molecule has 106 valence electrons. The van der Waals surface area contributed by atoms with E-state index < -0.39 is 0 Å². The molecule has 20 heavy (non-hydrogen) atoms. The van der Waals surface area contributed by atoms with Crippen molar-refractivity contribution in [3.05, 3.63) is 70.5 Å². The fraction of sp³-hybridized carbons (Fsp3) is 0.333. The average molecular weight is 291 g/mol. The van der Waals surface area contributed by atoms with Gasteiger partial charge in [0.25, 0.3) is 0 Å². The molecule has 0 spiro atoms. The smallest absolute Gasteiger partial charge is 0.123 e. The predicted octanol–water partition coefficient (Wildman–Crippen LogP) is 5.08. The number of rotatable bonds is 5. The van der Waals surface area contributed by atoms with E-state index in [9.17, 15) is 4.39 Å². The van der Waals surface area contributed by atoms with Crippen LogP contribution in [-0.4, -0.2) is 5.88 Å². The second-order valence-electron chi connectivity index (χ2n) is 5.47. The van der Waals surface area contributed by atoms with E-state index in [1.165, 1.54) is 28.8 Å². The lowest BCUT2D eigenvalue weighted by Gasteiger charge is -2.15. The van der Waals surface area contributed by atoms with Crippen molar-refractivity contribution in [2.45, 2.75) is 26.7 Å². The Bertz CT molecular complexity index is 560. The molecule has 1 atom stereocenters. The molecule has 0 radical (unpaired) electrons. The number of halogens is 2. The Morgan fingerprint density at radius 1 is 0.900 bits per heavy atom. The van der Waals surface area contributed by atoms with Crippen molar-refractivity contribution in [1.29, 1.82) is 0 Å². The molecular formula is C18H20ClF. The third-order valence-corrected chi connectivity index (χ3v) is 4.19. The first-order chi connectivity index (χ1) is 9.58. The second-order valence-corrected chi connectivity index (χ2v) is 5.78. The summed E-state index contributed by atoms with van der Waals surface area (Å²) in [5.41, 5.74) is 5.09. The van der Waals surface area contributed by atoms with Crippen molar-refractivity contribution < 1.29 is 4.39 Å². The van der Waals surface area contributed by atoms with Gasteiger partial charge in [-0.25, -0.2) is 4.39 Å². The first kappa shape index (κ1) is 15.1. The summed E-state index contributed by atoms with van der Waals surface area (Å²) in [6.45, 7) is 4.26.